The summed E-state index contributed by atoms with van der Waals surface area (Å²) in [6, 6.07) is 11.8. The lowest BCUT2D eigenvalue weighted by atomic mass is 10.1. The number of nitrogens with zero attached hydrogens (tertiary/aromatic N) is 4. The Kier molecular flexibility index (Phi) is 6.76. The number of ketones is 1. The van der Waals surface area contributed by atoms with Gasteiger partial charge in [-0.3, -0.25) is 9.78 Å². The van der Waals surface area contributed by atoms with Gasteiger partial charge in [-0.1, -0.05) is 56.3 Å². The maximum absolute atomic E-state index is 12.5. The first-order chi connectivity index (χ1) is 13.2. The van der Waals surface area contributed by atoms with Crippen molar-refractivity contribution in [3.63, 3.8) is 0 Å². The Balaban J connectivity index is 1.72. The van der Waals surface area contributed by atoms with E-state index < -0.39 is 0 Å². The number of aromatic nitrogens is 4. The van der Waals surface area contributed by atoms with E-state index in [4.69, 9.17) is 0 Å². The molecule has 3 rings (SSSR count). The second-order valence-electron chi connectivity index (χ2n) is 6.35. The van der Waals surface area contributed by atoms with E-state index in [1.807, 2.05) is 36.4 Å². The number of aryl methyl sites for hydroxylation is 1. The summed E-state index contributed by atoms with van der Waals surface area (Å²) in [7, 11) is 0. The van der Waals surface area contributed by atoms with Crippen LogP contribution in [0.3, 0.4) is 0 Å². The summed E-state index contributed by atoms with van der Waals surface area (Å²) < 4.78 is 2.08. The normalized spacial score (nSPS) is 10.9. The standard InChI is InChI=1S/C21H24N4OS/c1-3-5-16-6-8-17(9-7-16)19(26)15-27-21-24-23-20(25(21)14-4-2)18-10-12-22-13-11-18/h6-13H,3-5,14-15H2,1-2H3. The van der Waals surface area contributed by atoms with Gasteiger partial charge < -0.3 is 4.57 Å². The molecule has 0 N–H and O–H groups in total. The highest BCUT2D eigenvalue weighted by atomic mass is 32.2. The van der Waals surface area contributed by atoms with E-state index in [-0.39, 0.29) is 5.78 Å². The molecule has 2 heterocycles. The molecule has 3 aromatic rings. The molecular weight excluding hydrogens is 356 g/mol. The first kappa shape index (κ1) is 19.3. The molecule has 0 spiro atoms. The van der Waals surface area contributed by atoms with Gasteiger partial charge in [-0.15, -0.1) is 10.2 Å². The van der Waals surface area contributed by atoms with E-state index in [0.717, 1.165) is 47.9 Å². The summed E-state index contributed by atoms with van der Waals surface area (Å²) in [4.78, 5) is 16.6. The average molecular weight is 381 g/mol. The molecule has 0 amide bonds. The van der Waals surface area contributed by atoms with Crippen LogP contribution in [0.15, 0.2) is 53.9 Å². The molecule has 0 unspecified atom stereocenters. The van der Waals surface area contributed by atoms with Gasteiger partial charge in [0.2, 0.25) is 0 Å². The molecule has 0 bridgehead atoms. The molecule has 6 heteroatoms. The average Bonchev–Trinajstić information content (AvgIpc) is 3.10. The van der Waals surface area contributed by atoms with Crippen molar-refractivity contribution in [2.75, 3.05) is 5.75 Å². The fourth-order valence-corrected chi connectivity index (χ4v) is 3.75. The van der Waals surface area contributed by atoms with Gasteiger partial charge in [-0.25, -0.2) is 0 Å². The van der Waals surface area contributed by atoms with Gasteiger partial charge in [0.1, 0.15) is 0 Å². The van der Waals surface area contributed by atoms with Crippen LogP contribution >= 0.6 is 11.8 Å². The fourth-order valence-electron chi connectivity index (χ4n) is 2.89. The maximum atomic E-state index is 12.5. The maximum Gasteiger partial charge on any atom is 0.191 e. The molecule has 5 nitrogen and oxygen atoms in total. The van der Waals surface area contributed by atoms with E-state index in [1.54, 1.807) is 12.4 Å². The van der Waals surface area contributed by atoms with Crippen molar-refractivity contribution in [2.24, 2.45) is 0 Å². The van der Waals surface area contributed by atoms with Crippen LogP contribution in [0.5, 0.6) is 0 Å². The van der Waals surface area contributed by atoms with Crippen molar-refractivity contribution in [2.45, 2.75) is 44.8 Å². The second kappa shape index (κ2) is 9.46. The summed E-state index contributed by atoms with van der Waals surface area (Å²) in [6.07, 6.45) is 6.62. The van der Waals surface area contributed by atoms with Gasteiger partial charge in [0, 0.05) is 30.1 Å². The first-order valence-electron chi connectivity index (χ1n) is 9.31. The van der Waals surface area contributed by atoms with Crippen molar-refractivity contribution in [3.05, 3.63) is 59.9 Å². The molecule has 140 valence electrons. The molecule has 0 saturated heterocycles. The molecule has 0 fully saturated rings. The minimum absolute atomic E-state index is 0.111. The van der Waals surface area contributed by atoms with E-state index in [9.17, 15) is 4.79 Å². The number of pyridine rings is 1. The monoisotopic (exact) mass is 380 g/mol. The van der Waals surface area contributed by atoms with Crippen LogP contribution in [0.4, 0.5) is 0 Å². The number of thioether (sulfide) groups is 1. The van der Waals surface area contributed by atoms with E-state index in [1.165, 1.54) is 17.3 Å². The Hall–Kier alpha value is -2.47. The van der Waals surface area contributed by atoms with E-state index >= 15 is 0 Å². The second-order valence-corrected chi connectivity index (χ2v) is 7.29. The van der Waals surface area contributed by atoms with Gasteiger partial charge in [-0.2, -0.15) is 0 Å². The third-order valence-corrected chi connectivity index (χ3v) is 5.22. The number of carbonyl (C=O) groups excluding carboxylic acids is 1. The zero-order valence-electron chi connectivity index (χ0n) is 15.8. The van der Waals surface area contributed by atoms with Crippen LogP contribution < -0.4 is 0 Å². The Morgan fingerprint density at radius 2 is 1.74 bits per heavy atom. The highest BCUT2D eigenvalue weighted by Gasteiger charge is 2.15. The Bertz CT molecular complexity index is 875. The lowest BCUT2D eigenvalue weighted by Crippen LogP contribution is -2.06. The highest BCUT2D eigenvalue weighted by molar-refractivity contribution is 7.99. The van der Waals surface area contributed by atoms with Gasteiger partial charge in [0.25, 0.3) is 0 Å². The highest BCUT2D eigenvalue weighted by Crippen LogP contribution is 2.24. The lowest BCUT2D eigenvalue weighted by molar-refractivity contribution is 0.102. The summed E-state index contributed by atoms with van der Waals surface area (Å²) in [5.74, 6) is 1.28. The third-order valence-electron chi connectivity index (χ3n) is 4.25. The SMILES string of the molecule is CCCc1ccc(C(=O)CSc2nnc(-c3ccncc3)n2CCC)cc1. The van der Waals surface area contributed by atoms with Gasteiger partial charge >= 0.3 is 0 Å². The Morgan fingerprint density at radius 3 is 2.41 bits per heavy atom. The van der Waals surface area contributed by atoms with Crippen LogP contribution in [0.25, 0.3) is 11.4 Å². The van der Waals surface area contributed by atoms with Crippen LogP contribution in [0.2, 0.25) is 0 Å². The molecule has 0 radical (unpaired) electrons. The topological polar surface area (TPSA) is 60.7 Å². The van der Waals surface area contributed by atoms with Crippen molar-refractivity contribution < 1.29 is 4.79 Å². The zero-order chi connectivity index (χ0) is 19.1. The molecule has 0 atom stereocenters. The molecule has 0 aliphatic rings. The minimum Gasteiger partial charge on any atom is -0.302 e. The molecule has 0 aliphatic carbocycles. The summed E-state index contributed by atoms with van der Waals surface area (Å²) in [6.45, 7) is 5.09. The number of hydrogen-bond acceptors (Lipinski definition) is 5. The van der Waals surface area contributed by atoms with Gasteiger partial charge in [0.05, 0.1) is 5.75 Å². The number of benzene rings is 1. The first-order valence-corrected chi connectivity index (χ1v) is 10.3. The molecule has 27 heavy (non-hydrogen) atoms. The largest absolute Gasteiger partial charge is 0.302 e. The summed E-state index contributed by atoms with van der Waals surface area (Å²) in [5.41, 5.74) is 3.00. The third kappa shape index (κ3) is 4.83. The van der Waals surface area contributed by atoms with E-state index in [2.05, 4.69) is 33.6 Å². The van der Waals surface area contributed by atoms with Crippen LogP contribution in [-0.2, 0) is 13.0 Å². The molecular formula is C21H24N4OS. The van der Waals surface area contributed by atoms with Crippen LogP contribution in [0, 0.1) is 0 Å². The Labute approximate surface area is 164 Å². The number of rotatable bonds is 9. The quantitative estimate of drug-likeness (QED) is 0.398. The van der Waals surface area contributed by atoms with Crippen molar-refractivity contribution >= 4 is 17.5 Å². The minimum atomic E-state index is 0.111. The molecule has 0 aliphatic heterocycles. The number of Topliss-reactive ketones (excluding diaryl/α,β-unsaturated/α-hetero) is 1. The van der Waals surface area contributed by atoms with Gasteiger partial charge in [0.15, 0.2) is 16.8 Å². The van der Waals surface area contributed by atoms with Crippen LogP contribution in [-0.4, -0.2) is 31.3 Å². The number of hydrogen-bond donors (Lipinski definition) is 0. The predicted octanol–water partition coefficient (Wildman–Crippen LogP) is 4.68. The lowest BCUT2D eigenvalue weighted by Gasteiger charge is -2.08. The summed E-state index contributed by atoms with van der Waals surface area (Å²) in [5, 5.41) is 9.44. The fraction of sp³-hybridized carbons (Fsp3) is 0.333. The smallest absolute Gasteiger partial charge is 0.191 e. The summed E-state index contributed by atoms with van der Waals surface area (Å²) >= 11 is 1.44. The van der Waals surface area contributed by atoms with E-state index in [0.29, 0.717) is 5.75 Å². The van der Waals surface area contributed by atoms with Crippen molar-refractivity contribution in [1.29, 1.82) is 0 Å². The zero-order valence-corrected chi connectivity index (χ0v) is 16.6. The molecule has 1 aromatic carbocycles. The van der Waals surface area contributed by atoms with Crippen molar-refractivity contribution in [1.82, 2.24) is 19.7 Å². The van der Waals surface area contributed by atoms with Gasteiger partial charge in [-0.05, 0) is 30.5 Å². The molecule has 2 aromatic heterocycles. The molecule has 0 saturated carbocycles. The predicted molar refractivity (Wildman–Crippen MR) is 109 cm³/mol. The van der Waals surface area contributed by atoms with Crippen molar-refractivity contribution in [3.8, 4) is 11.4 Å². The number of carbonyl (C=O) groups is 1. The Morgan fingerprint density at radius 1 is 1.00 bits per heavy atom. The van der Waals surface area contributed by atoms with Crippen LogP contribution in [0.1, 0.15) is 42.6 Å².